The van der Waals surface area contributed by atoms with Crippen LogP contribution in [0, 0.1) is 17.2 Å². The van der Waals surface area contributed by atoms with E-state index >= 15 is 9.18 Å². The molecule has 5 aromatic rings. The molecule has 7 aliphatic rings. The fourth-order valence-corrected chi connectivity index (χ4v) is 13.9. The Hall–Kier alpha value is -6.37. The Balaban J connectivity index is 0.708. The molecule has 77 heavy (non-hydrogen) atoms. The quantitative estimate of drug-likeness (QED) is 0.102. The normalized spacial score (nSPS) is 26.2. The largest absolute Gasteiger partial charge is 0.474 e. The number of carbonyl (C=O) groups excluding carboxylic acids is 4. The molecule has 2 saturated carbocycles. The summed E-state index contributed by atoms with van der Waals surface area (Å²) >= 11 is 0. The highest BCUT2D eigenvalue weighted by Gasteiger charge is 2.57. The molecule has 6 fully saturated rings. The maximum atomic E-state index is 15.4. The van der Waals surface area contributed by atoms with Gasteiger partial charge in [-0.1, -0.05) is 31.5 Å². The predicted molar refractivity (Wildman–Crippen MR) is 289 cm³/mol. The number of benzene rings is 1. The third-order valence-electron chi connectivity index (χ3n) is 18.7. The first-order valence-electron chi connectivity index (χ1n) is 28.4. The summed E-state index contributed by atoms with van der Waals surface area (Å²) in [5.41, 5.74) is 4.88. The summed E-state index contributed by atoms with van der Waals surface area (Å²) in [6.07, 6.45) is 17.3. The fourth-order valence-electron chi connectivity index (χ4n) is 13.9. The second-order valence-corrected chi connectivity index (χ2v) is 23.7. The summed E-state index contributed by atoms with van der Waals surface area (Å²) < 4.78 is 23.3. The van der Waals surface area contributed by atoms with Gasteiger partial charge in [0.15, 0.2) is 11.6 Å². The summed E-state index contributed by atoms with van der Waals surface area (Å²) in [6.45, 7) is 10.9. The minimum Gasteiger partial charge on any atom is -0.474 e. The number of hydrogen-bond acceptors (Lipinski definition) is 13. The molecule has 0 bridgehead atoms. The van der Waals surface area contributed by atoms with Crippen molar-refractivity contribution in [2.45, 2.75) is 159 Å². The summed E-state index contributed by atoms with van der Waals surface area (Å²) in [7, 11) is 0. The van der Waals surface area contributed by atoms with E-state index in [2.05, 4.69) is 74.3 Å². The highest BCUT2D eigenvalue weighted by atomic mass is 19.1. The van der Waals surface area contributed by atoms with Gasteiger partial charge in [-0.25, -0.2) is 19.3 Å². The van der Waals surface area contributed by atoms with Crippen LogP contribution in [0.15, 0.2) is 67.4 Å². The molecule has 1 aromatic carbocycles. The van der Waals surface area contributed by atoms with Crippen molar-refractivity contribution < 1.29 is 33.4 Å². The van der Waals surface area contributed by atoms with Crippen molar-refractivity contribution in [3.05, 3.63) is 84.3 Å². The second-order valence-electron chi connectivity index (χ2n) is 23.7. The molecule has 12 rings (SSSR count). The molecule has 4 amide bonds. The molecular formula is C59H72FN11O6. The fraction of sp³-hybridized carbons (Fsp3) is 0.559. The number of carbonyl (C=O) groups is 4. The molecule has 9 heterocycles. The lowest BCUT2D eigenvalue weighted by Crippen LogP contribution is -2.59. The van der Waals surface area contributed by atoms with Crippen LogP contribution in [0.3, 0.4) is 0 Å². The molecule has 2 aliphatic carbocycles. The van der Waals surface area contributed by atoms with E-state index in [0.29, 0.717) is 88.1 Å². The van der Waals surface area contributed by atoms with Gasteiger partial charge in [0.25, 0.3) is 0 Å². The second kappa shape index (κ2) is 20.8. The number of hydrogen-bond donors (Lipinski definition) is 3. The first kappa shape index (κ1) is 51.4. The van der Waals surface area contributed by atoms with Crippen LogP contribution in [0.5, 0.6) is 5.88 Å². The van der Waals surface area contributed by atoms with E-state index in [4.69, 9.17) is 14.7 Å². The lowest BCUT2D eigenvalue weighted by Gasteiger charge is -2.50. The number of amides is 4. The van der Waals surface area contributed by atoms with Gasteiger partial charge in [-0.05, 0) is 140 Å². The van der Waals surface area contributed by atoms with Crippen molar-refractivity contribution in [2.75, 3.05) is 49.5 Å². The van der Waals surface area contributed by atoms with E-state index in [-0.39, 0.29) is 53.4 Å². The van der Waals surface area contributed by atoms with E-state index in [0.717, 1.165) is 85.0 Å². The molecule has 4 saturated heterocycles. The monoisotopic (exact) mass is 1050 g/mol. The van der Waals surface area contributed by atoms with Crippen LogP contribution in [0.25, 0.3) is 22.3 Å². The lowest BCUT2D eigenvalue weighted by molar-refractivity contribution is -0.148. The van der Waals surface area contributed by atoms with Crippen LogP contribution in [0.1, 0.15) is 140 Å². The van der Waals surface area contributed by atoms with Crippen molar-refractivity contribution in [3.8, 4) is 17.1 Å². The Bertz CT molecular complexity index is 3040. The van der Waals surface area contributed by atoms with Crippen LogP contribution in [-0.2, 0) is 24.6 Å². The van der Waals surface area contributed by atoms with Crippen molar-refractivity contribution in [3.63, 3.8) is 0 Å². The highest BCUT2D eigenvalue weighted by Crippen LogP contribution is 2.53. The smallest absolute Gasteiger partial charge is 0.238 e. The van der Waals surface area contributed by atoms with E-state index in [1.807, 2.05) is 21.6 Å². The van der Waals surface area contributed by atoms with Gasteiger partial charge >= 0.3 is 0 Å². The van der Waals surface area contributed by atoms with E-state index in [1.54, 1.807) is 30.9 Å². The van der Waals surface area contributed by atoms with Gasteiger partial charge in [0.2, 0.25) is 29.5 Å². The molecule has 17 nitrogen and oxygen atoms in total. The third-order valence-corrected chi connectivity index (χ3v) is 18.7. The van der Waals surface area contributed by atoms with Crippen molar-refractivity contribution in [2.24, 2.45) is 11.3 Å². The molecule has 406 valence electrons. The number of aliphatic hydroxyl groups excluding tert-OH is 1. The molecule has 3 N–H and O–H groups in total. The zero-order valence-electron chi connectivity index (χ0n) is 44.6. The molecular weight excluding hydrogens is 978 g/mol. The number of piperidine rings is 4. The van der Waals surface area contributed by atoms with Crippen molar-refractivity contribution >= 4 is 51.9 Å². The minimum absolute atomic E-state index is 0.0522. The number of aliphatic hydroxyl groups is 1. The number of fused-ring (bicyclic) bond motifs is 3. The number of pyridine rings is 3. The third kappa shape index (κ3) is 9.65. The Kier molecular flexibility index (Phi) is 13.9. The van der Waals surface area contributed by atoms with Crippen LogP contribution < -0.4 is 20.3 Å². The van der Waals surface area contributed by atoms with Crippen LogP contribution in [0.4, 0.5) is 21.6 Å². The molecule has 5 aliphatic heterocycles. The van der Waals surface area contributed by atoms with Gasteiger partial charge in [-0.15, -0.1) is 0 Å². The summed E-state index contributed by atoms with van der Waals surface area (Å²) in [4.78, 5) is 80.5. The maximum absolute atomic E-state index is 15.4. The zero-order chi connectivity index (χ0) is 53.2. The van der Waals surface area contributed by atoms with Crippen LogP contribution >= 0.6 is 0 Å². The number of nitrogens with zero attached hydrogens (tertiary/aromatic N) is 9. The van der Waals surface area contributed by atoms with Gasteiger partial charge < -0.3 is 34.4 Å². The summed E-state index contributed by atoms with van der Waals surface area (Å²) in [5, 5.41) is 17.9. The number of imide groups is 1. The zero-order valence-corrected chi connectivity index (χ0v) is 44.6. The van der Waals surface area contributed by atoms with Crippen molar-refractivity contribution in [1.82, 2.24) is 44.5 Å². The molecule has 18 heteroatoms. The first-order chi connectivity index (χ1) is 37.2. The van der Waals surface area contributed by atoms with Gasteiger partial charge in [-0.2, -0.15) is 0 Å². The Morgan fingerprint density at radius 1 is 0.870 bits per heavy atom. The van der Waals surface area contributed by atoms with E-state index in [9.17, 15) is 19.5 Å². The topological polar surface area (TPSA) is 191 Å². The molecule has 0 radical (unpaired) electrons. The standard InChI is InChI=1S/C59H72FN11O6/c1-36(2)70-35-63-48-32-47(65-53(52(48)70)64-46-17-22-61-34-45(46)60)38-9-14-44-49(29-38)71(41-30-40(31-41)67-23-5-4-6-24-67)57(76)59(44)20-27-69(28-21-59)56(75)58(3)18-25-68(26-19-58)55(74)37-7-11-42(12-8-37)77-51-16-10-39(33-62-51)43-13-15-50(72)66-54(43)73/h9-10,14,16-17,22,29,32-37,40-43,56,75H,4-8,11-13,15,18-21,23-28,30-31H2,1-3H3,(H,61,64,65)(H,66,72,73). The average Bonchev–Trinajstić information content (AvgIpc) is 4.22. The Morgan fingerprint density at radius 2 is 1.64 bits per heavy atom. The molecule has 2 unspecified atom stereocenters. The lowest BCUT2D eigenvalue weighted by atomic mass is 9.72. The molecule has 2 atom stereocenters. The number of anilines is 3. The van der Waals surface area contributed by atoms with E-state index < -0.39 is 28.8 Å². The molecule has 4 aromatic heterocycles. The number of likely N-dealkylation sites (tertiary alicyclic amines) is 3. The number of imidazole rings is 1. The van der Waals surface area contributed by atoms with Crippen molar-refractivity contribution in [1.29, 1.82) is 0 Å². The SMILES string of the molecule is CC(C)n1cnc2cc(-c3ccc4c(c3)N(C3CC(N5CCCCC5)C3)C(=O)C43CCN(C(O)C4(C)CCN(C(=O)C5CCC(Oc6ccc(C7CCC(=O)NC7=O)cn6)CC5)CC4)CC3)nc(Nc3ccncc3F)c21. The average molecular weight is 1050 g/mol. The Morgan fingerprint density at radius 3 is 2.34 bits per heavy atom. The molecule has 1 spiro atoms. The van der Waals surface area contributed by atoms with Gasteiger partial charge in [0.05, 0.1) is 40.8 Å². The number of halogens is 1. The van der Waals surface area contributed by atoms with Gasteiger partial charge in [-0.3, -0.25) is 34.4 Å². The van der Waals surface area contributed by atoms with Gasteiger partial charge in [0.1, 0.15) is 17.8 Å². The summed E-state index contributed by atoms with van der Waals surface area (Å²) in [6, 6.07) is 14.2. The summed E-state index contributed by atoms with van der Waals surface area (Å²) in [5.74, 6) is -0.175. The number of nitrogens with one attached hydrogen (secondary N) is 2. The van der Waals surface area contributed by atoms with Crippen LogP contribution in [0.2, 0.25) is 0 Å². The first-order valence-corrected chi connectivity index (χ1v) is 28.4. The van der Waals surface area contributed by atoms with Gasteiger partial charge in [0, 0.05) is 91.8 Å². The number of aromatic nitrogens is 5. The minimum atomic E-state index is -0.723. The number of ether oxygens (including phenoxy) is 1. The van der Waals surface area contributed by atoms with E-state index in [1.165, 1.54) is 25.5 Å². The predicted octanol–water partition coefficient (Wildman–Crippen LogP) is 8.15. The van der Waals surface area contributed by atoms with Crippen LogP contribution in [-0.4, -0.2) is 132 Å². The Labute approximate surface area is 449 Å². The highest BCUT2D eigenvalue weighted by molar-refractivity contribution is 6.09. The maximum Gasteiger partial charge on any atom is 0.238 e. The number of rotatable bonds is 12.